The van der Waals surface area contributed by atoms with Crippen molar-refractivity contribution in [3.63, 3.8) is 0 Å². The SMILES string of the molecule is CNC(=O)Oc1ccc([N+](C)(C)C)c(C(C)C)c1. The molecule has 0 aliphatic rings. The molecule has 1 aromatic rings. The van der Waals surface area contributed by atoms with E-state index in [0.29, 0.717) is 11.7 Å². The van der Waals surface area contributed by atoms with Crippen molar-refractivity contribution in [3.05, 3.63) is 23.8 Å². The molecule has 0 aliphatic carbocycles. The number of rotatable bonds is 3. The molecule has 1 amide bonds. The Kier molecular flexibility index (Phi) is 4.35. The summed E-state index contributed by atoms with van der Waals surface area (Å²) in [6.45, 7) is 4.27. The Hall–Kier alpha value is -1.55. The average molecular weight is 251 g/mol. The second kappa shape index (κ2) is 5.40. The van der Waals surface area contributed by atoms with Crippen LogP contribution in [0.2, 0.25) is 0 Å². The summed E-state index contributed by atoms with van der Waals surface area (Å²) in [6, 6.07) is 5.80. The van der Waals surface area contributed by atoms with E-state index in [1.807, 2.05) is 18.2 Å². The molecule has 0 fully saturated rings. The predicted octanol–water partition coefficient (Wildman–Crippen LogP) is 2.72. The number of amides is 1. The number of quaternary nitrogens is 1. The Balaban J connectivity index is 3.16. The van der Waals surface area contributed by atoms with Gasteiger partial charge in [0.15, 0.2) is 0 Å². The lowest BCUT2D eigenvalue weighted by atomic mass is 9.99. The van der Waals surface area contributed by atoms with Crippen molar-refractivity contribution in [1.82, 2.24) is 9.80 Å². The normalized spacial score (nSPS) is 11.5. The van der Waals surface area contributed by atoms with Crippen LogP contribution in [0.3, 0.4) is 0 Å². The third-order valence-corrected chi connectivity index (χ3v) is 2.76. The lowest BCUT2D eigenvalue weighted by Crippen LogP contribution is -2.36. The molecule has 0 aromatic heterocycles. The third-order valence-electron chi connectivity index (χ3n) is 2.76. The molecule has 1 aromatic carbocycles. The van der Waals surface area contributed by atoms with Crippen LogP contribution in [0.1, 0.15) is 25.3 Å². The van der Waals surface area contributed by atoms with Crippen LogP contribution in [0.25, 0.3) is 0 Å². The number of ether oxygens (including phenoxy) is 1. The van der Waals surface area contributed by atoms with Gasteiger partial charge in [-0.25, -0.2) is 4.79 Å². The second-order valence-electron chi connectivity index (χ2n) is 5.53. The molecular formula is C14H23N2O2+. The van der Waals surface area contributed by atoms with Crippen LogP contribution >= 0.6 is 0 Å². The maximum Gasteiger partial charge on any atom is 0.412 e. The van der Waals surface area contributed by atoms with Crippen LogP contribution in [0.4, 0.5) is 10.5 Å². The van der Waals surface area contributed by atoms with Gasteiger partial charge in [-0.3, -0.25) is 4.48 Å². The summed E-state index contributed by atoms with van der Waals surface area (Å²) in [7, 11) is 7.92. The van der Waals surface area contributed by atoms with Crippen molar-refractivity contribution in [2.75, 3.05) is 28.2 Å². The Morgan fingerprint density at radius 3 is 2.33 bits per heavy atom. The van der Waals surface area contributed by atoms with Crippen LogP contribution in [0.5, 0.6) is 5.75 Å². The molecule has 0 heterocycles. The zero-order chi connectivity index (χ0) is 13.9. The highest BCUT2D eigenvalue weighted by atomic mass is 16.5. The minimum atomic E-state index is -0.442. The van der Waals surface area contributed by atoms with E-state index in [2.05, 4.69) is 40.3 Å². The Morgan fingerprint density at radius 2 is 1.89 bits per heavy atom. The molecule has 0 radical (unpaired) electrons. The lowest BCUT2D eigenvalue weighted by Gasteiger charge is -2.27. The van der Waals surface area contributed by atoms with E-state index in [0.717, 1.165) is 4.48 Å². The van der Waals surface area contributed by atoms with Gasteiger partial charge in [-0.15, -0.1) is 0 Å². The van der Waals surface area contributed by atoms with Crippen molar-refractivity contribution < 1.29 is 9.53 Å². The molecule has 1 N–H and O–H groups in total. The van der Waals surface area contributed by atoms with E-state index >= 15 is 0 Å². The number of hydrogen-bond donors (Lipinski definition) is 1. The Morgan fingerprint density at radius 1 is 1.28 bits per heavy atom. The topological polar surface area (TPSA) is 38.3 Å². The molecule has 0 saturated heterocycles. The fraction of sp³-hybridized carbons (Fsp3) is 0.500. The zero-order valence-corrected chi connectivity index (χ0v) is 12.1. The van der Waals surface area contributed by atoms with Gasteiger partial charge in [0, 0.05) is 18.7 Å². The molecule has 0 bridgehead atoms. The third kappa shape index (κ3) is 3.47. The van der Waals surface area contributed by atoms with Gasteiger partial charge in [-0.1, -0.05) is 13.8 Å². The summed E-state index contributed by atoms with van der Waals surface area (Å²) in [4.78, 5) is 11.2. The molecule has 1 rings (SSSR count). The van der Waals surface area contributed by atoms with Crippen LogP contribution in [-0.2, 0) is 0 Å². The predicted molar refractivity (Wildman–Crippen MR) is 75.2 cm³/mol. The number of nitrogens with one attached hydrogen (secondary N) is 1. The lowest BCUT2D eigenvalue weighted by molar-refractivity contribution is 0.203. The standard InChI is InChI=1S/C14H22N2O2/c1-10(2)12-9-11(18-14(17)15-3)7-8-13(12)16(4,5)6/h7-10H,1-6H3/p+1. The second-order valence-corrected chi connectivity index (χ2v) is 5.53. The van der Waals surface area contributed by atoms with E-state index in [9.17, 15) is 4.79 Å². The zero-order valence-electron chi connectivity index (χ0n) is 12.1. The number of nitrogens with zero attached hydrogens (tertiary/aromatic N) is 1. The van der Waals surface area contributed by atoms with Crippen molar-refractivity contribution in [1.29, 1.82) is 0 Å². The molecule has 4 heteroatoms. The first-order valence-corrected chi connectivity index (χ1v) is 6.11. The monoisotopic (exact) mass is 251 g/mol. The highest BCUT2D eigenvalue weighted by Crippen LogP contribution is 2.32. The fourth-order valence-corrected chi connectivity index (χ4v) is 1.83. The van der Waals surface area contributed by atoms with Gasteiger partial charge in [-0.05, 0) is 18.1 Å². The quantitative estimate of drug-likeness (QED) is 0.839. The van der Waals surface area contributed by atoms with Crippen LogP contribution < -0.4 is 14.5 Å². The highest BCUT2D eigenvalue weighted by molar-refractivity contribution is 5.70. The fourth-order valence-electron chi connectivity index (χ4n) is 1.83. The van der Waals surface area contributed by atoms with Gasteiger partial charge in [0.05, 0.1) is 21.1 Å². The molecule has 0 atom stereocenters. The van der Waals surface area contributed by atoms with Crippen molar-refractivity contribution in [2.45, 2.75) is 19.8 Å². The first-order valence-electron chi connectivity index (χ1n) is 6.11. The van der Waals surface area contributed by atoms with Crippen molar-refractivity contribution >= 4 is 11.8 Å². The number of hydrogen-bond acceptors (Lipinski definition) is 2. The van der Waals surface area contributed by atoms with Gasteiger partial charge in [0.2, 0.25) is 0 Å². The van der Waals surface area contributed by atoms with Gasteiger partial charge in [0.1, 0.15) is 11.4 Å². The molecule has 0 aliphatic heterocycles. The van der Waals surface area contributed by atoms with Gasteiger partial charge >= 0.3 is 6.09 Å². The molecule has 0 saturated carbocycles. The highest BCUT2D eigenvalue weighted by Gasteiger charge is 2.20. The summed E-state index contributed by atoms with van der Waals surface area (Å²) < 4.78 is 5.91. The van der Waals surface area contributed by atoms with Crippen LogP contribution in [-0.4, -0.2) is 34.3 Å². The van der Waals surface area contributed by atoms with Crippen molar-refractivity contribution in [3.8, 4) is 5.75 Å². The maximum absolute atomic E-state index is 11.2. The van der Waals surface area contributed by atoms with E-state index in [4.69, 9.17) is 4.74 Å². The molecule has 0 unspecified atom stereocenters. The molecule has 18 heavy (non-hydrogen) atoms. The summed E-state index contributed by atoms with van der Waals surface area (Å²) in [6.07, 6.45) is -0.442. The summed E-state index contributed by atoms with van der Waals surface area (Å²) in [5, 5.41) is 2.44. The van der Waals surface area contributed by atoms with Crippen LogP contribution in [0, 0.1) is 0 Å². The Bertz CT molecular complexity index is 434. The first-order chi connectivity index (χ1) is 8.25. The molecule has 100 valence electrons. The van der Waals surface area contributed by atoms with E-state index in [-0.39, 0.29) is 0 Å². The number of carbonyl (C=O) groups excluding carboxylic acids is 1. The van der Waals surface area contributed by atoms with E-state index < -0.39 is 6.09 Å². The van der Waals surface area contributed by atoms with Gasteiger partial charge in [-0.2, -0.15) is 0 Å². The van der Waals surface area contributed by atoms with Crippen LogP contribution in [0.15, 0.2) is 18.2 Å². The summed E-state index contributed by atoms with van der Waals surface area (Å²) in [5.74, 6) is 0.959. The first kappa shape index (κ1) is 14.5. The van der Waals surface area contributed by atoms with Gasteiger partial charge in [0.25, 0.3) is 0 Å². The maximum atomic E-state index is 11.2. The van der Waals surface area contributed by atoms with E-state index in [1.165, 1.54) is 11.3 Å². The van der Waals surface area contributed by atoms with Gasteiger partial charge < -0.3 is 10.1 Å². The Labute approximate surface area is 109 Å². The number of benzene rings is 1. The smallest absolute Gasteiger partial charge is 0.410 e. The minimum Gasteiger partial charge on any atom is -0.410 e. The molecular weight excluding hydrogens is 228 g/mol. The summed E-state index contributed by atoms with van der Waals surface area (Å²) in [5.41, 5.74) is 2.43. The molecule has 0 spiro atoms. The largest absolute Gasteiger partial charge is 0.412 e. The number of carbonyl (C=O) groups is 1. The minimum absolute atomic E-state index is 0.380. The summed E-state index contributed by atoms with van der Waals surface area (Å²) >= 11 is 0. The van der Waals surface area contributed by atoms with Crippen molar-refractivity contribution in [2.24, 2.45) is 0 Å². The van der Waals surface area contributed by atoms with E-state index in [1.54, 1.807) is 7.05 Å². The molecule has 4 nitrogen and oxygen atoms in total. The average Bonchev–Trinajstić information content (AvgIpc) is 2.27.